The van der Waals surface area contributed by atoms with Crippen molar-refractivity contribution in [1.82, 2.24) is 0 Å². The predicted molar refractivity (Wildman–Crippen MR) is 67.9 cm³/mol. The molecule has 2 fully saturated rings. The number of hydrogen-bond donors (Lipinski definition) is 0. The van der Waals surface area contributed by atoms with Crippen LogP contribution >= 0.6 is 0 Å². The Morgan fingerprint density at radius 1 is 1.26 bits per heavy atom. The summed E-state index contributed by atoms with van der Waals surface area (Å²) in [6, 6.07) is 0. The lowest BCUT2D eigenvalue weighted by molar-refractivity contribution is -0.226. The van der Waals surface area contributed by atoms with Gasteiger partial charge in [0.25, 0.3) is 0 Å². The summed E-state index contributed by atoms with van der Waals surface area (Å²) in [5, 5.41) is 0. The van der Waals surface area contributed by atoms with Gasteiger partial charge in [0.1, 0.15) is 12.2 Å². The first-order valence-corrected chi connectivity index (χ1v) is 7.16. The van der Waals surface area contributed by atoms with E-state index >= 15 is 0 Å². The SMILES string of the molecule is CC(C)(C(=O)OCC(=O)OC1CCC2CC1OC2=O)C(F)(F)F. The second kappa shape index (κ2) is 6.01. The Morgan fingerprint density at radius 2 is 1.91 bits per heavy atom. The Kier molecular flexibility index (Phi) is 4.59. The second-order valence-corrected chi connectivity index (χ2v) is 6.21. The Hall–Kier alpha value is -1.80. The highest BCUT2D eigenvalue weighted by atomic mass is 19.4. The maximum absolute atomic E-state index is 12.7. The van der Waals surface area contributed by atoms with Gasteiger partial charge in [-0.2, -0.15) is 13.2 Å². The van der Waals surface area contributed by atoms with Gasteiger partial charge in [-0.25, -0.2) is 4.79 Å². The van der Waals surface area contributed by atoms with Crippen LogP contribution in [0.3, 0.4) is 0 Å². The zero-order valence-corrected chi connectivity index (χ0v) is 12.6. The minimum Gasteiger partial charge on any atom is -0.458 e. The highest BCUT2D eigenvalue weighted by Crippen LogP contribution is 2.38. The highest BCUT2D eigenvalue weighted by Gasteiger charge is 2.54. The molecule has 2 bridgehead atoms. The fourth-order valence-corrected chi connectivity index (χ4v) is 2.44. The first kappa shape index (κ1) is 17.6. The molecule has 2 aliphatic rings. The van der Waals surface area contributed by atoms with Crippen LogP contribution in [0.25, 0.3) is 0 Å². The van der Waals surface area contributed by atoms with Crippen molar-refractivity contribution < 1.29 is 41.8 Å². The van der Waals surface area contributed by atoms with Gasteiger partial charge < -0.3 is 14.2 Å². The number of alkyl halides is 3. The van der Waals surface area contributed by atoms with Crippen LogP contribution in [-0.4, -0.2) is 42.9 Å². The van der Waals surface area contributed by atoms with E-state index in [1.807, 2.05) is 0 Å². The summed E-state index contributed by atoms with van der Waals surface area (Å²) in [5.74, 6) is -3.03. The maximum Gasteiger partial charge on any atom is 0.404 e. The first-order valence-electron chi connectivity index (χ1n) is 7.16. The number of rotatable bonds is 4. The topological polar surface area (TPSA) is 78.9 Å². The van der Waals surface area contributed by atoms with Gasteiger partial charge in [-0.05, 0) is 26.7 Å². The van der Waals surface area contributed by atoms with E-state index in [1.54, 1.807) is 0 Å². The van der Waals surface area contributed by atoms with Crippen LogP contribution in [0.1, 0.15) is 33.1 Å². The minimum absolute atomic E-state index is 0.180. The average molecular weight is 338 g/mol. The van der Waals surface area contributed by atoms with Crippen molar-refractivity contribution in [3.05, 3.63) is 0 Å². The monoisotopic (exact) mass is 338 g/mol. The molecular formula is C14H17F3O6. The molecule has 0 N–H and O–H groups in total. The molecule has 9 heteroatoms. The number of fused-ring (bicyclic) bond motifs is 2. The van der Waals surface area contributed by atoms with Crippen LogP contribution in [0.4, 0.5) is 13.2 Å². The van der Waals surface area contributed by atoms with Crippen molar-refractivity contribution in [2.75, 3.05) is 6.61 Å². The summed E-state index contributed by atoms with van der Waals surface area (Å²) in [6.07, 6.45) is -4.57. The molecule has 1 heterocycles. The third-order valence-electron chi connectivity index (χ3n) is 4.15. The van der Waals surface area contributed by atoms with E-state index in [0.717, 1.165) is 0 Å². The summed E-state index contributed by atoms with van der Waals surface area (Å²) in [7, 11) is 0. The van der Waals surface area contributed by atoms with Crippen molar-refractivity contribution in [1.29, 1.82) is 0 Å². The molecule has 1 saturated carbocycles. The molecule has 130 valence electrons. The van der Waals surface area contributed by atoms with Gasteiger partial charge >= 0.3 is 24.1 Å². The van der Waals surface area contributed by atoms with Gasteiger partial charge in [0.2, 0.25) is 0 Å². The van der Waals surface area contributed by atoms with Gasteiger partial charge in [0.15, 0.2) is 12.0 Å². The van der Waals surface area contributed by atoms with Crippen LogP contribution in [0.15, 0.2) is 0 Å². The number of carbonyl (C=O) groups is 3. The largest absolute Gasteiger partial charge is 0.458 e. The molecule has 3 unspecified atom stereocenters. The van der Waals surface area contributed by atoms with Gasteiger partial charge in [-0.3, -0.25) is 9.59 Å². The van der Waals surface area contributed by atoms with Gasteiger partial charge in [-0.1, -0.05) is 0 Å². The van der Waals surface area contributed by atoms with Gasteiger partial charge in [0, 0.05) is 6.42 Å². The molecule has 1 aliphatic carbocycles. The zero-order valence-electron chi connectivity index (χ0n) is 12.6. The van der Waals surface area contributed by atoms with Crippen LogP contribution in [0.5, 0.6) is 0 Å². The molecule has 23 heavy (non-hydrogen) atoms. The van der Waals surface area contributed by atoms with E-state index in [-0.39, 0.29) is 11.9 Å². The summed E-state index contributed by atoms with van der Waals surface area (Å²) in [6.45, 7) is 0.415. The van der Waals surface area contributed by atoms with E-state index in [0.29, 0.717) is 33.1 Å². The first-order chi connectivity index (χ1) is 10.5. The average Bonchev–Trinajstić information content (AvgIpc) is 2.74. The van der Waals surface area contributed by atoms with Crippen molar-refractivity contribution in [3.63, 3.8) is 0 Å². The maximum atomic E-state index is 12.7. The van der Waals surface area contributed by atoms with Crippen molar-refractivity contribution in [2.24, 2.45) is 11.3 Å². The van der Waals surface area contributed by atoms with Crippen molar-refractivity contribution >= 4 is 17.9 Å². The van der Waals surface area contributed by atoms with Gasteiger partial charge in [-0.15, -0.1) is 0 Å². The smallest absolute Gasteiger partial charge is 0.404 e. The third kappa shape index (κ3) is 3.59. The van der Waals surface area contributed by atoms with Crippen molar-refractivity contribution in [3.8, 4) is 0 Å². The molecule has 1 saturated heterocycles. The van der Waals surface area contributed by atoms with Crippen LogP contribution in [-0.2, 0) is 28.6 Å². The zero-order chi connectivity index (χ0) is 17.4. The number of esters is 3. The lowest BCUT2D eigenvalue weighted by Gasteiger charge is -2.27. The van der Waals surface area contributed by atoms with E-state index < -0.39 is 42.3 Å². The highest BCUT2D eigenvalue weighted by molar-refractivity contribution is 5.80. The normalized spacial score (nSPS) is 27.3. The van der Waals surface area contributed by atoms with E-state index in [9.17, 15) is 27.6 Å². The van der Waals surface area contributed by atoms with Crippen LogP contribution in [0, 0.1) is 11.3 Å². The second-order valence-electron chi connectivity index (χ2n) is 6.21. The third-order valence-corrected chi connectivity index (χ3v) is 4.15. The fourth-order valence-electron chi connectivity index (χ4n) is 2.44. The Morgan fingerprint density at radius 3 is 2.52 bits per heavy atom. The minimum atomic E-state index is -4.79. The molecule has 0 aromatic heterocycles. The molecule has 0 aromatic rings. The summed E-state index contributed by atoms with van der Waals surface area (Å²) in [5.41, 5.74) is -2.72. The number of halogens is 3. The Balaban J connectivity index is 1.82. The molecule has 0 aromatic carbocycles. The van der Waals surface area contributed by atoms with Crippen LogP contribution in [0.2, 0.25) is 0 Å². The Labute approximate surface area is 130 Å². The van der Waals surface area contributed by atoms with Gasteiger partial charge in [0.05, 0.1) is 5.92 Å². The predicted octanol–water partition coefficient (Wildman–Crippen LogP) is 1.76. The molecule has 2 rings (SSSR count). The standard InChI is InChI=1S/C14H17F3O6/c1-13(2,14(15,16)17)12(20)21-6-10(18)22-8-4-3-7-5-9(8)23-11(7)19/h7-9H,3-6H2,1-2H3. The molecular weight excluding hydrogens is 321 g/mol. The molecule has 0 amide bonds. The van der Waals surface area contributed by atoms with Crippen LogP contribution < -0.4 is 0 Å². The molecule has 0 spiro atoms. The Bertz CT molecular complexity index is 513. The lowest BCUT2D eigenvalue weighted by atomic mass is 9.88. The lowest BCUT2D eigenvalue weighted by Crippen LogP contribution is -2.42. The molecule has 3 atom stereocenters. The molecule has 0 radical (unpaired) electrons. The number of hydrogen-bond acceptors (Lipinski definition) is 6. The quantitative estimate of drug-likeness (QED) is 0.574. The van der Waals surface area contributed by atoms with E-state index in [2.05, 4.69) is 4.74 Å². The summed E-state index contributed by atoms with van der Waals surface area (Å²) < 4.78 is 52.5. The molecule has 1 aliphatic heterocycles. The van der Waals surface area contributed by atoms with E-state index in [1.165, 1.54) is 0 Å². The fraction of sp³-hybridized carbons (Fsp3) is 0.786. The summed E-state index contributed by atoms with van der Waals surface area (Å²) in [4.78, 5) is 34.5. The number of carbonyl (C=O) groups excluding carboxylic acids is 3. The van der Waals surface area contributed by atoms with Crippen molar-refractivity contribution in [2.45, 2.75) is 51.5 Å². The number of ether oxygens (including phenoxy) is 3. The van der Waals surface area contributed by atoms with E-state index in [4.69, 9.17) is 9.47 Å². The summed E-state index contributed by atoms with van der Waals surface area (Å²) >= 11 is 0. The molecule has 6 nitrogen and oxygen atoms in total.